The number of nitrogens with zero attached hydrogens (tertiary/aromatic N) is 2. The molecule has 15 heavy (non-hydrogen) atoms. The van der Waals surface area contributed by atoms with Gasteiger partial charge in [-0.15, -0.1) is 11.3 Å². The SMILES string of the molecule is O=[N+]([O-])c1ccc(C=Cc2cscn2)o1. The molecular weight excluding hydrogens is 216 g/mol. The molecule has 0 N–H and O–H groups in total. The predicted molar refractivity (Wildman–Crippen MR) is 56.4 cm³/mol. The molecule has 0 aliphatic rings. The van der Waals surface area contributed by atoms with Crippen LogP contribution in [0.25, 0.3) is 12.2 Å². The maximum absolute atomic E-state index is 10.3. The fourth-order valence-electron chi connectivity index (χ4n) is 1.00. The Labute approximate surface area is 88.8 Å². The van der Waals surface area contributed by atoms with Crippen molar-refractivity contribution in [2.45, 2.75) is 0 Å². The Morgan fingerprint density at radius 3 is 2.93 bits per heavy atom. The third-order valence-electron chi connectivity index (χ3n) is 1.66. The molecule has 0 amide bonds. The van der Waals surface area contributed by atoms with Gasteiger partial charge in [0.2, 0.25) is 0 Å². The van der Waals surface area contributed by atoms with Crippen molar-refractivity contribution in [3.8, 4) is 0 Å². The summed E-state index contributed by atoms with van der Waals surface area (Å²) in [6.07, 6.45) is 3.38. The quantitative estimate of drug-likeness (QED) is 0.591. The summed E-state index contributed by atoms with van der Waals surface area (Å²) in [7, 11) is 0. The zero-order valence-electron chi connectivity index (χ0n) is 7.49. The van der Waals surface area contributed by atoms with Gasteiger partial charge in [0, 0.05) is 5.38 Å². The number of furan rings is 1. The smallest absolute Gasteiger partial charge is 0.401 e. The Morgan fingerprint density at radius 1 is 1.47 bits per heavy atom. The minimum Gasteiger partial charge on any atom is -0.401 e. The molecule has 0 radical (unpaired) electrons. The molecule has 0 fully saturated rings. The molecule has 0 bridgehead atoms. The van der Waals surface area contributed by atoms with Crippen molar-refractivity contribution in [3.63, 3.8) is 0 Å². The molecule has 2 aromatic rings. The van der Waals surface area contributed by atoms with Crippen LogP contribution in [-0.2, 0) is 0 Å². The molecule has 2 heterocycles. The van der Waals surface area contributed by atoms with Crippen molar-refractivity contribution in [1.82, 2.24) is 4.98 Å². The molecule has 76 valence electrons. The van der Waals surface area contributed by atoms with Gasteiger partial charge in [-0.05, 0) is 18.2 Å². The second-order valence-electron chi connectivity index (χ2n) is 2.68. The Bertz CT molecular complexity index is 487. The second kappa shape index (κ2) is 4.05. The Hall–Kier alpha value is -1.95. The van der Waals surface area contributed by atoms with Gasteiger partial charge in [-0.3, -0.25) is 10.1 Å². The van der Waals surface area contributed by atoms with E-state index in [9.17, 15) is 10.1 Å². The number of nitro groups is 1. The predicted octanol–water partition coefficient (Wildman–Crippen LogP) is 2.81. The molecule has 0 spiro atoms. The van der Waals surface area contributed by atoms with Crippen LogP contribution in [0.5, 0.6) is 0 Å². The molecule has 0 unspecified atom stereocenters. The standard InChI is InChI=1S/C9H6N2O3S/c12-11(13)9-4-3-8(14-9)2-1-7-5-15-6-10-7/h1-6H. The average Bonchev–Trinajstić information content (AvgIpc) is 2.86. The Balaban J connectivity index is 2.14. The molecule has 0 saturated carbocycles. The largest absolute Gasteiger partial charge is 0.433 e. The minimum atomic E-state index is -0.569. The Kier molecular flexibility index (Phi) is 2.59. The summed E-state index contributed by atoms with van der Waals surface area (Å²) in [5, 5.41) is 12.2. The van der Waals surface area contributed by atoms with E-state index in [1.807, 2.05) is 5.38 Å². The number of aromatic nitrogens is 1. The molecule has 2 rings (SSSR count). The molecule has 5 nitrogen and oxygen atoms in total. The fraction of sp³-hybridized carbons (Fsp3) is 0. The van der Waals surface area contributed by atoms with Crippen LogP contribution in [0.15, 0.2) is 27.4 Å². The average molecular weight is 222 g/mol. The highest BCUT2D eigenvalue weighted by Crippen LogP contribution is 2.17. The lowest BCUT2D eigenvalue weighted by Crippen LogP contribution is -1.82. The van der Waals surface area contributed by atoms with Crippen molar-refractivity contribution < 1.29 is 9.34 Å². The fourth-order valence-corrected chi connectivity index (χ4v) is 1.52. The van der Waals surface area contributed by atoms with Gasteiger partial charge in [0.25, 0.3) is 0 Å². The van der Waals surface area contributed by atoms with Gasteiger partial charge in [-0.25, -0.2) is 4.98 Å². The normalized spacial score (nSPS) is 10.9. The zero-order chi connectivity index (χ0) is 10.7. The molecule has 2 aromatic heterocycles. The van der Waals surface area contributed by atoms with Crippen LogP contribution in [0.2, 0.25) is 0 Å². The van der Waals surface area contributed by atoms with E-state index in [0.29, 0.717) is 5.76 Å². The highest BCUT2D eigenvalue weighted by molar-refractivity contribution is 7.07. The Morgan fingerprint density at radius 2 is 2.33 bits per heavy atom. The summed E-state index contributed by atoms with van der Waals surface area (Å²) >= 11 is 1.48. The number of hydrogen-bond donors (Lipinski definition) is 0. The van der Waals surface area contributed by atoms with E-state index in [0.717, 1.165) is 5.69 Å². The number of thiazole rings is 1. The molecule has 0 aliphatic carbocycles. The molecule has 0 saturated heterocycles. The highest BCUT2D eigenvalue weighted by atomic mass is 32.1. The summed E-state index contributed by atoms with van der Waals surface area (Å²) in [6.45, 7) is 0. The van der Waals surface area contributed by atoms with Crippen molar-refractivity contribution >= 4 is 29.4 Å². The van der Waals surface area contributed by atoms with Crippen molar-refractivity contribution in [1.29, 1.82) is 0 Å². The molecule has 0 aromatic carbocycles. The number of rotatable bonds is 3. The van der Waals surface area contributed by atoms with Crippen LogP contribution in [0.3, 0.4) is 0 Å². The third kappa shape index (κ3) is 2.29. The highest BCUT2D eigenvalue weighted by Gasteiger charge is 2.09. The molecule has 0 aliphatic heterocycles. The molecule has 6 heteroatoms. The first-order valence-corrected chi connectivity index (χ1v) is 5.00. The van der Waals surface area contributed by atoms with Gasteiger partial charge in [-0.2, -0.15) is 0 Å². The van der Waals surface area contributed by atoms with E-state index in [2.05, 4.69) is 4.98 Å². The lowest BCUT2D eigenvalue weighted by molar-refractivity contribution is -0.402. The third-order valence-corrected chi connectivity index (χ3v) is 2.27. The van der Waals surface area contributed by atoms with Gasteiger partial charge in [0.15, 0.2) is 0 Å². The van der Waals surface area contributed by atoms with Gasteiger partial charge < -0.3 is 4.42 Å². The van der Waals surface area contributed by atoms with Crippen LogP contribution in [0.1, 0.15) is 11.5 Å². The lowest BCUT2D eigenvalue weighted by atomic mass is 10.3. The van der Waals surface area contributed by atoms with Gasteiger partial charge in [0.05, 0.1) is 17.3 Å². The minimum absolute atomic E-state index is 0.257. The summed E-state index contributed by atoms with van der Waals surface area (Å²) in [6, 6.07) is 2.86. The maximum Gasteiger partial charge on any atom is 0.433 e. The van der Waals surface area contributed by atoms with E-state index < -0.39 is 4.92 Å². The van der Waals surface area contributed by atoms with Crippen molar-refractivity contribution in [2.24, 2.45) is 0 Å². The van der Waals surface area contributed by atoms with Gasteiger partial charge in [-0.1, -0.05) is 0 Å². The monoisotopic (exact) mass is 222 g/mol. The summed E-state index contributed by atoms with van der Waals surface area (Å²) in [5.74, 6) is 0.183. The van der Waals surface area contributed by atoms with Crippen molar-refractivity contribution in [2.75, 3.05) is 0 Å². The van der Waals surface area contributed by atoms with Crippen LogP contribution < -0.4 is 0 Å². The van der Waals surface area contributed by atoms with E-state index >= 15 is 0 Å². The summed E-state index contributed by atoms with van der Waals surface area (Å²) in [4.78, 5) is 13.8. The van der Waals surface area contributed by atoms with Crippen LogP contribution in [-0.4, -0.2) is 9.91 Å². The first-order valence-electron chi connectivity index (χ1n) is 4.06. The first-order chi connectivity index (χ1) is 7.25. The van der Waals surface area contributed by atoms with Gasteiger partial charge in [0.1, 0.15) is 10.7 Å². The first kappa shape index (κ1) is 9.60. The summed E-state index contributed by atoms with van der Waals surface area (Å²) in [5.41, 5.74) is 2.52. The lowest BCUT2D eigenvalue weighted by Gasteiger charge is -1.83. The van der Waals surface area contributed by atoms with Crippen LogP contribution >= 0.6 is 11.3 Å². The van der Waals surface area contributed by atoms with Gasteiger partial charge >= 0.3 is 5.88 Å². The van der Waals surface area contributed by atoms with E-state index in [4.69, 9.17) is 4.42 Å². The van der Waals surface area contributed by atoms with Crippen molar-refractivity contribution in [3.05, 3.63) is 44.6 Å². The zero-order valence-corrected chi connectivity index (χ0v) is 8.31. The van der Waals surface area contributed by atoms with E-state index in [1.54, 1.807) is 23.7 Å². The maximum atomic E-state index is 10.3. The second-order valence-corrected chi connectivity index (χ2v) is 3.40. The van der Waals surface area contributed by atoms with Crippen LogP contribution in [0, 0.1) is 10.1 Å². The van der Waals surface area contributed by atoms with Crippen LogP contribution in [0.4, 0.5) is 5.88 Å². The van der Waals surface area contributed by atoms with E-state index in [-0.39, 0.29) is 5.88 Å². The topological polar surface area (TPSA) is 69.2 Å². The molecular formula is C9H6N2O3S. The number of hydrogen-bond acceptors (Lipinski definition) is 5. The summed E-state index contributed by atoms with van der Waals surface area (Å²) < 4.78 is 4.93. The molecule has 0 atom stereocenters. The van der Waals surface area contributed by atoms with E-state index in [1.165, 1.54) is 17.4 Å².